The highest BCUT2D eigenvalue weighted by Crippen LogP contribution is 2.25. The zero-order chi connectivity index (χ0) is 17.8. The Morgan fingerprint density at radius 1 is 1.16 bits per heavy atom. The molecule has 138 valence electrons. The van der Waals surface area contributed by atoms with Crippen LogP contribution in [0.1, 0.15) is 38.2 Å². The number of hydrogen-bond acceptors (Lipinski definition) is 3. The van der Waals surface area contributed by atoms with Crippen molar-refractivity contribution in [2.24, 2.45) is 5.92 Å². The number of likely N-dealkylation sites (tertiary alicyclic amines) is 2. The van der Waals surface area contributed by atoms with Gasteiger partial charge in [0.15, 0.2) is 0 Å². The number of rotatable bonds is 4. The fourth-order valence-corrected chi connectivity index (χ4v) is 4.10. The number of amides is 1. The Balaban J connectivity index is 1.48. The average Bonchev–Trinajstić information content (AvgIpc) is 2.65. The molecule has 0 aliphatic carbocycles. The van der Waals surface area contributed by atoms with Crippen LogP contribution in [0.4, 0.5) is 10.1 Å². The molecule has 3 rings (SSSR count). The van der Waals surface area contributed by atoms with E-state index in [2.05, 4.69) is 22.0 Å². The Bertz CT molecular complexity index is 591. The maximum atomic E-state index is 13.8. The smallest absolute Gasteiger partial charge is 0.227 e. The summed E-state index contributed by atoms with van der Waals surface area (Å²) in [5.41, 5.74) is 1.25. The molecule has 0 atom stereocenters. The van der Waals surface area contributed by atoms with Crippen LogP contribution in [-0.2, 0) is 4.79 Å². The number of carbonyl (C=O) groups excluding carboxylic acids is 1. The summed E-state index contributed by atoms with van der Waals surface area (Å²) in [6, 6.07) is 5.49. The lowest BCUT2D eigenvalue weighted by Crippen LogP contribution is -2.48. The number of carbonyl (C=O) groups is 1. The standard InChI is InChI=1S/C20H30FN3O/c1-3-23-10-8-17(9-11-23)24-12-6-16(7-13-24)20(25)22-19-14-15(2)4-5-18(19)21/h4-5,14,16-17H,3,6-13H2,1-2H3,(H,22,25). The van der Waals surface area contributed by atoms with Gasteiger partial charge >= 0.3 is 0 Å². The Morgan fingerprint density at radius 3 is 2.48 bits per heavy atom. The van der Waals surface area contributed by atoms with E-state index in [0.717, 1.165) is 38.0 Å². The molecule has 0 spiro atoms. The summed E-state index contributed by atoms with van der Waals surface area (Å²) in [6.45, 7) is 9.60. The molecular weight excluding hydrogens is 317 g/mol. The van der Waals surface area contributed by atoms with Gasteiger partial charge in [-0.2, -0.15) is 0 Å². The van der Waals surface area contributed by atoms with Crippen molar-refractivity contribution in [2.45, 2.75) is 45.6 Å². The minimum absolute atomic E-state index is 0.00751. The van der Waals surface area contributed by atoms with E-state index in [-0.39, 0.29) is 17.6 Å². The van der Waals surface area contributed by atoms with Crippen LogP contribution < -0.4 is 5.32 Å². The van der Waals surface area contributed by atoms with E-state index in [1.54, 1.807) is 12.1 Å². The highest BCUT2D eigenvalue weighted by molar-refractivity contribution is 5.92. The number of benzene rings is 1. The van der Waals surface area contributed by atoms with E-state index >= 15 is 0 Å². The summed E-state index contributed by atoms with van der Waals surface area (Å²) in [5, 5.41) is 2.79. The van der Waals surface area contributed by atoms with Gasteiger partial charge in [-0.3, -0.25) is 4.79 Å². The van der Waals surface area contributed by atoms with Gasteiger partial charge in [-0.25, -0.2) is 4.39 Å². The SMILES string of the molecule is CCN1CCC(N2CCC(C(=O)Nc3cc(C)ccc3F)CC2)CC1. The zero-order valence-corrected chi connectivity index (χ0v) is 15.4. The first-order valence-electron chi connectivity index (χ1n) is 9.60. The van der Waals surface area contributed by atoms with Gasteiger partial charge in [0.1, 0.15) is 5.82 Å². The summed E-state index contributed by atoms with van der Waals surface area (Å²) < 4.78 is 13.8. The molecule has 0 unspecified atom stereocenters. The zero-order valence-electron chi connectivity index (χ0n) is 15.4. The second kappa shape index (κ2) is 8.28. The minimum atomic E-state index is -0.362. The second-order valence-electron chi connectivity index (χ2n) is 7.45. The summed E-state index contributed by atoms with van der Waals surface area (Å²) in [7, 11) is 0. The van der Waals surface area contributed by atoms with E-state index in [1.165, 1.54) is 32.0 Å². The van der Waals surface area contributed by atoms with Gasteiger partial charge in [-0.05, 0) is 83.0 Å². The molecule has 1 aromatic rings. The fraction of sp³-hybridized carbons (Fsp3) is 0.650. The van der Waals surface area contributed by atoms with Crippen molar-refractivity contribution in [3.8, 4) is 0 Å². The normalized spacial score (nSPS) is 21.4. The lowest BCUT2D eigenvalue weighted by Gasteiger charge is -2.41. The molecule has 1 aromatic carbocycles. The van der Waals surface area contributed by atoms with Gasteiger partial charge in [0.2, 0.25) is 5.91 Å². The van der Waals surface area contributed by atoms with Crippen molar-refractivity contribution in [3.63, 3.8) is 0 Å². The first-order chi connectivity index (χ1) is 12.1. The molecule has 0 saturated carbocycles. The first-order valence-corrected chi connectivity index (χ1v) is 9.60. The number of anilines is 1. The molecule has 2 saturated heterocycles. The molecule has 0 bridgehead atoms. The van der Waals surface area contributed by atoms with Crippen molar-refractivity contribution in [2.75, 3.05) is 38.0 Å². The lowest BCUT2D eigenvalue weighted by molar-refractivity contribution is -0.121. The van der Waals surface area contributed by atoms with Crippen molar-refractivity contribution >= 4 is 11.6 Å². The molecular formula is C20H30FN3O. The van der Waals surface area contributed by atoms with E-state index < -0.39 is 0 Å². The number of hydrogen-bond donors (Lipinski definition) is 1. The van der Waals surface area contributed by atoms with Crippen LogP contribution in [-0.4, -0.2) is 54.5 Å². The van der Waals surface area contributed by atoms with E-state index in [9.17, 15) is 9.18 Å². The van der Waals surface area contributed by atoms with Crippen LogP contribution in [0.5, 0.6) is 0 Å². The van der Waals surface area contributed by atoms with Crippen LogP contribution in [0.2, 0.25) is 0 Å². The van der Waals surface area contributed by atoms with Gasteiger partial charge in [0, 0.05) is 12.0 Å². The molecule has 2 fully saturated rings. The predicted molar refractivity (Wildman–Crippen MR) is 99.2 cm³/mol. The monoisotopic (exact) mass is 347 g/mol. The van der Waals surface area contributed by atoms with Crippen molar-refractivity contribution in [1.82, 2.24) is 9.80 Å². The number of halogens is 1. The lowest BCUT2D eigenvalue weighted by atomic mass is 9.92. The van der Waals surface area contributed by atoms with Crippen molar-refractivity contribution in [1.29, 1.82) is 0 Å². The summed E-state index contributed by atoms with van der Waals surface area (Å²) >= 11 is 0. The molecule has 25 heavy (non-hydrogen) atoms. The molecule has 1 N–H and O–H groups in total. The summed E-state index contributed by atoms with van der Waals surface area (Å²) in [4.78, 5) is 17.6. The van der Waals surface area contributed by atoms with Gasteiger partial charge in [0.05, 0.1) is 5.69 Å². The Morgan fingerprint density at radius 2 is 1.84 bits per heavy atom. The van der Waals surface area contributed by atoms with Crippen LogP contribution in [0.3, 0.4) is 0 Å². The largest absolute Gasteiger partial charge is 0.323 e. The number of piperidine rings is 2. The van der Waals surface area contributed by atoms with Crippen LogP contribution in [0.25, 0.3) is 0 Å². The van der Waals surface area contributed by atoms with Crippen LogP contribution in [0, 0.1) is 18.7 Å². The van der Waals surface area contributed by atoms with Gasteiger partial charge in [-0.1, -0.05) is 13.0 Å². The molecule has 2 aliphatic heterocycles. The topological polar surface area (TPSA) is 35.6 Å². The molecule has 0 aromatic heterocycles. The second-order valence-corrected chi connectivity index (χ2v) is 7.45. The average molecular weight is 347 g/mol. The first kappa shape index (κ1) is 18.3. The minimum Gasteiger partial charge on any atom is -0.323 e. The molecule has 1 amide bonds. The van der Waals surface area contributed by atoms with Gasteiger partial charge in [-0.15, -0.1) is 0 Å². The maximum Gasteiger partial charge on any atom is 0.227 e. The van der Waals surface area contributed by atoms with Gasteiger partial charge < -0.3 is 15.1 Å². The maximum absolute atomic E-state index is 13.8. The number of nitrogens with zero attached hydrogens (tertiary/aromatic N) is 2. The molecule has 0 radical (unpaired) electrons. The Hall–Kier alpha value is -1.46. The van der Waals surface area contributed by atoms with E-state index in [0.29, 0.717) is 11.7 Å². The van der Waals surface area contributed by atoms with E-state index in [4.69, 9.17) is 0 Å². The third-order valence-corrected chi connectivity index (χ3v) is 5.80. The van der Waals surface area contributed by atoms with E-state index in [1.807, 2.05) is 6.92 Å². The number of nitrogens with one attached hydrogen (secondary N) is 1. The Kier molecular flexibility index (Phi) is 6.07. The Labute approximate surface area is 150 Å². The van der Waals surface area contributed by atoms with Crippen LogP contribution in [0.15, 0.2) is 18.2 Å². The fourth-order valence-electron chi connectivity index (χ4n) is 4.10. The molecule has 2 aliphatic rings. The van der Waals surface area contributed by atoms with Gasteiger partial charge in [0.25, 0.3) is 0 Å². The third-order valence-electron chi connectivity index (χ3n) is 5.80. The quantitative estimate of drug-likeness (QED) is 0.908. The highest BCUT2D eigenvalue weighted by Gasteiger charge is 2.30. The highest BCUT2D eigenvalue weighted by atomic mass is 19.1. The summed E-state index contributed by atoms with van der Waals surface area (Å²) in [6.07, 6.45) is 4.21. The molecule has 5 heteroatoms. The van der Waals surface area contributed by atoms with Crippen LogP contribution >= 0.6 is 0 Å². The van der Waals surface area contributed by atoms with Crippen molar-refractivity contribution < 1.29 is 9.18 Å². The summed E-state index contributed by atoms with van der Waals surface area (Å²) in [5.74, 6) is -0.407. The predicted octanol–water partition coefficient (Wildman–Crippen LogP) is 3.27. The molecule has 4 nitrogen and oxygen atoms in total. The third kappa shape index (κ3) is 4.59. The van der Waals surface area contributed by atoms with Crippen molar-refractivity contribution in [3.05, 3.63) is 29.6 Å². The number of aryl methyl sites for hydroxylation is 1. The molecule has 2 heterocycles.